The lowest BCUT2D eigenvalue weighted by Crippen LogP contribution is -2.37. The zero-order valence-corrected chi connectivity index (χ0v) is 19.1. The molecule has 6 heteroatoms. The first kappa shape index (κ1) is 20.4. The highest BCUT2D eigenvalue weighted by molar-refractivity contribution is 9.10. The fraction of sp³-hybridized carbons (Fsp3) is 0.348. The van der Waals surface area contributed by atoms with Crippen LogP contribution in [0.2, 0.25) is 0 Å². The second kappa shape index (κ2) is 8.86. The zero-order valence-electron chi connectivity index (χ0n) is 16.7. The van der Waals surface area contributed by atoms with Gasteiger partial charge in [0.05, 0.1) is 12.3 Å². The number of halogens is 1. The highest BCUT2D eigenvalue weighted by Gasteiger charge is 2.29. The third kappa shape index (κ3) is 4.65. The van der Waals surface area contributed by atoms with Crippen LogP contribution in [0.25, 0.3) is 0 Å². The van der Waals surface area contributed by atoms with Gasteiger partial charge >= 0.3 is 0 Å². The van der Waals surface area contributed by atoms with Crippen LogP contribution in [-0.4, -0.2) is 23.9 Å². The molecule has 1 aliphatic rings. The summed E-state index contributed by atoms with van der Waals surface area (Å²) in [4.78, 5) is 16.4. The van der Waals surface area contributed by atoms with E-state index in [1.165, 1.54) is 29.5 Å². The fourth-order valence-electron chi connectivity index (χ4n) is 3.93. The molecule has 0 saturated carbocycles. The highest BCUT2D eigenvalue weighted by atomic mass is 79.9. The van der Waals surface area contributed by atoms with Crippen molar-refractivity contribution in [3.8, 4) is 0 Å². The number of rotatable bonds is 5. The molecule has 0 radical (unpaired) electrons. The van der Waals surface area contributed by atoms with Crippen LogP contribution in [0.1, 0.15) is 52.4 Å². The lowest BCUT2D eigenvalue weighted by atomic mass is 9.93. The molecule has 4 rings (SSSR count). The van der Waals surface area contributed by atoms with Gasteiger partial charge in [0.25, 0.3) is 5.91 Å². The Morgan fingerprint density at radius 2 is 1.97 bits per heavy atom. The molecule has 1 aromatic carbocycles. The molecule has 29 heavy (non-hydrogen) atoms. The van der Waals surface area contributed by atoms with Crippen LogP contribution >= 0.6 is 27.3 Å². The van der Waals surface area contributed by atoms with Gasteiger partial charge in [-0.05, 0) is 74.7 Å². The summed E-state index contributed by atoms with van der Waals surface area (Å²) in [6, 6.07) is 14.3. The van der Waals surface area contributed by atoms with E-state index in [2.05, 4.69) is 70.3 Å². The first-order valence-corrected chi connectivity index (χ1v) is 11.6. The summed E-state index contributed by atoms with van der Waals surface area (Å²) in [5.41, 5.74) is 2.40. The number of nitrogens with one attached hydrogen (secondary N) is 1. The number of carbonyl (C=O) groups is 1. The van der Waals surface area contributed by atoms with Crippen molar-refractivity contribution in [2.75, 3.05) is 18.4 Å². The Bertz CT molecular complexity index is 957. The van der Waals surface area contributed by atoms with E-state index in [0.717, 1.165) is 34.0 Å². The molecule has 3 aromatic rings. The number of carbonyl (C=O) groups excluding carboxylic acids is 1. The summed E-state index contributed by atoms with van der Waals surface area (Å²) in [6.45, 7) is 6.54. The summed E-state index contributed by atoms with van der Waals surface area (Å²) >= 11 is 5.17. The van der Waals surface area contributed by atoms with E-state index >= 15 is 0 Å². The molecular weight excluding hydrogens is 448 g/mol. The van der Waals surface area contributed by atoms with Crippen molar-refractivity contribution in [3.05, 3.63) is 75.0 Å². The first-order chi connectivity index (χ1) is 14.0. The Labute approximate surface area is 184 Å². The van der Waals surface area contributed by atoms with E-state index in [1.807, 2.05) is 0 Å². The lowest BCUT2D eigenvalue weighted by Gasteiger charge is -2.37. The molecule has 1 aliphatic heterocycles. The minimum Gasteiger partial charge on any atom is -0.459 e. The number of benzene rings is 1. The molecule has 1 amide bonds. The van der Waals surface area contributed by atoms with Gasteiger partial charge in [-0.3, -0.25) is 9.69 Å². The number of thiophene rings is 1. The molecule has 1 saturated heterocycles. The third-order valence-corrected chi connectivity index (χ3v) is 7.03. The summed E-state index contributed by atoms with van der Waals surface area (Å²) in [5, 5.41) is 3.99. The van der Waals surface area contributed by atoms with E-state index in [9.17, 15) is 4.79 Å². The van der Waals surface area contributed by atoms with Gasteiger partial charge < -0.3 is 9.73 Å². The monoisotopic (exact) mass is 472 g/mol. The first-order valence-electron chi connectivity index (χ1n) is 9.96. The average molecular weight is 473 g/mol. The molecule has 152 valence electrons. The molecule has 0 spiro atoms. The lowest BCUT2D eigenvalue weighted by molar-refractivity contribution is 0.0996. The Kier molecular flexibility index (Phi) is 6.23. The number of furan rings is 1. The molecule has 1 N–H and O–H groups in total. The normalized spacial score (nSPS) is 16.7. The minimum absolute atomic E-state index is 0.118. The molecule has 4 nitrogen and oxygen atoms in total. The van der Waals surface area contributed by atoms with Gasteiger partial charge in [-0.25, -0.2) is 0 Å². The van der Waals surface area contributed by atoms with Crippen LogP contribution in [0.3, 0.4) is 0 Å². The molecule has 0 aliphatic carbocycles. The second-order valence-corrected chi connectivity index (χ2v) is 9.92. The van der Waals surface area contributed by atoms with Crippen LogP contribution in [0, 0.1) is 12.8 Å². The van der Waals surface area contributed by atoms with Crippen LogP contribution in [0.5, 0.6) is 0 Å². The largest absolute Gasteiger partial charge is 0.459 e. The van der Waals surface area contributed by atoms with Crippen LogP contribution in [0.15, 0.2) is 57.6 Å². The number of anilines is 1. The summed E-state index contributed by atoms with van der Waals surface area (Å²) < 4.78 is 6.35. The molecule has 1 atom stereocenters. The summed E-state index contributed by atoms with van der Waals surface area (Å²) in [5.74, 6) is 0.882. The fourth-order valence-corrected chi connectivity index (χ4v) is 5.13. The van der Waals surface area contributed by atoms with E-state index in [0.29, 0.717) is 5.76 Å². The third-order valence-electron chi connectivity index (χ3n) is 5.52. The summed E-state index contributed by atoms with van der Waals surface area (Å²) in [7, 11) is 0. The number of hydrogen-bond acceptors (Lipinski definition) is 4. The van der Waals surface area contributed by atoms with Crippen molar-refractivity contribution in [3.63, 3.8) is 0 Å². The van der Waals surface area contributed by atoms with Gasteiger partial charge in [0.15, 0.2) is 5.76 Å². The van der Waals surface area contributed by atoms with Crippen molar-refractivity contribution in [1.29, 1.82) is 0 Å². The van der Waals surface area contributed by atoms with Crippen molar-refractivity contribution < 1.29 is 9.21 Å². The average Bonchev–Trinajstić information content (AvgIpc) is 3.35. The Morgan fingerprint density at radius 3 is 2.62 bits per heavy atom. The number of amides is 1. The van der Waals surface area contributed by atoms with Crippen molar-refractivity contribution in [1.82, 2.24) is 4.90 Å². The quantitative estimate of drug-likeness (QED) is 0.461. The van der Waals surface area contributed by atoms with E-state index in [4.69, 9.17) is 4.42 Å². The van der Waals surface area contributed by atoms with E-state index < -0.39 is 0 Å². The molecule has 0 bridgehead atoms. The van der Waals surface area contributed by atoms with Gasteiger partial charge in [0, 0.05) is 14.9 Å². The van der Waals surface area contributed by atoms with E-state index in [-0.39, 0.29) is 11.9 Å². The van der Waals surface area contributed by atoms with Crippen molar-refractivity contribution in [2.24, 2.45) is 5.92 Å². The van der Waals surface area contributed by atoms with E-state index in [1.54, 1.807) is 23.5 Å². The maximum Gasteiger partial charge on any atom is 0.291 e. The maximum absolute atomic E-state index is 12.6. The van der Waals surface area contributed by atoms with Crippen LogP contribution in [-0.2, 0) is 0 Å². The van der Waals surface area contributed by atoms with Gasteiger partial charge in [0.1, 0.15) is 5.00 Å². The highest BCUT2D eigenvalue weighted by Crippen LogP contribution is 2.40. The number of nitrogens with zero attached hydrogens (tertiary/aromatic N) is 1. The molecule has 1 unspecified atom stereocenters. The van der Waals surface area contributed by atoms with Gasteiger partial charge in [-0.15, -0.1) is 11.3 Å². The Balaban J connectivity index is 1.70. The Hall–Kier alpha value is -1.89. The predicted molar refractivity (Wildman–Crippen MR) is 122 cm³/mol. The summed E-state index contributed by atoms with van der Waals surface area (Å²) in [6.07, 6.45) is 3.92. The van der Waals surface area contributed by atoms with Crippen LogP contribution < -0.4 is 5.32 Å². The smallest absolute Gasteiger partial charge is 0.291 e. The number of piperidine rings is 1. The predicted octanol–water partition coefficient (Wildman–Crippen LogP) is 6.49. The standard InChI is InChI=1S/C23H25BrN2O2S/c1-15-9-11-26(12-10-15)21(17-5-7-18(24)8-6-17)19-14-16(2)29-23(19)25-22(27)20-4-3-13-28-20/h3-8,13-15,21H,9-12H2,1-2H3,(H,25,27). The topological polar surface area (TPSA) is 45.5 Å². The van der Waals surface area contributed by atoms with Crippen LogP contribution in [0.4, 0.5) is 5.00 Å². The molecule has 1 fully saturated rings. The molecule has 3 heterocycles. The number of likely N-dealkylation sites (tertiary alicyclic amines) is 1. The zero-order chi connectivity index (χ0) is 20.4. The molecule has 2 aromatic heterocycles. The van der Waals surface area contributed by atoms with Gasteiger partial charge in [0.2, 0.25) is 0 Å². The Morgan fingerprint density at radius 1 is 1.24 bits per heavy atom. The number of aryl methyl sites for hydroxylation is 1. The van der Waals surface area contributed by atoms with Gasteiger partial charge in [-0.1, -0.05) is 35.0 Å². The SMILES string of the molecule is Cc1cc(C(c2ccc(Br)cc2)N2CCC(C)CC2)c(NC(=O)c2ccco2)s1. The van der Waals surface area contributed by atoms with Crippen molar-refractivity contribution in [2.45, 2.75) is 32.7 Å². The number of hydrogen-bond donors (Lipinski definition) is 1. The maximum atomic E-state index is 12.6. The second-order valence-electron chi connectivity index (χ2n) is 7.75. The van der Waals surface area contributed by atoms with Crippen molar-refractivity contribution >= 4 is 38.2 Å². The molecular formula is C23H25BrN2O2S. The minimum atomic E-state index is -0.208. The van der Waals surface area contributed by atoms with Gasteiger partial charge in [-0.2, -0.15) is 0 Å².